The smallest absolute Gasteiger partial charge is 0.338 e. The number of anilines is 1. The highest BCUT2D eigenvalue weighted by atomic mass is 32.2. The van der Waals surface area contributed by atoms with Gasteiger partial charge in [0, 0.05) is 24.3 Å². The van der Waals surface area contributed by atoms with Gasteiger partial charge >= 0.3 is 5.97 Å². The van der Waals surface area contributed by atoms with Gasteiger partial charge in [-0.25, -0.2) is 13.2 Å². The summed E-state index contributed by atoms with van der Waals surface area (Å²) in [5.74, 6) is -0.875. The number of aryl methyl sites for hydroxylation is 1. The Kier molecular flexibility index (Phi) is 7.53. The number of rotatable bonds is 8. The third-order valence-electron chi connectivity index (χ3n) is 4.43. The number of hydrogen-bond acceptors (Lipinski definition) is 5. The fourth-order valence-corrected chi connectivity index (χ4v) is 4.54. The van der Waals surface area contributed by atoms with Crippen LogP contribution < -0.4 is 5.32 Å². The van der Waals surface area contributed by atoms with Gasteiger partial charge in [0.1, 0.15) is 0 Å². The van der Waals surface area contributed by atoms with Crippen molar-refractivity contribution in [1.29, 1.82) is 0 Å². The first-order valence-corrected chi connectivity index (χ1v) is 10.9. The fraction of sp³-hybridized carbons (Fsp3) is 0.333. The predicted molar refractivity (Wildman–Crippen MR) is 112 cm³/mol. The number of sulfonamides is 1. The summed E-state index contributed by atoms with van der Waals surface area (Å²) in [6.45, 7) is 7.95. The molecule has 0 spiro atoms. The Hall–Kier alpha value is -2.71. The molecule has 1 N–H and O–H groups in total. The second-order valence-electron chi connectivity index (χ2n) is 6.32. The summed E-state index contributed by atoms with van der Waals surface area (Å²) >= 11 is 0. The molecule has 0 fully saturated rings. The van der Waals surface area contributed by atoms with Gasteiger partial charge in [-0.1, -0.05) is 19.9 Å². The Bertz CT molecular complexity index is 981. The molecule has 0 saturated heterocycles. The monoisotopic (exact) mass is 418 g/mol. The Morgan fingerprint density at radius 3 is 2.10 bits per heavy atom. The fourth-order valence-electron chi connectivity index (χ4n) is 2.83. The number of carbonyl (C=O) groups excluding carboxylic acids is 2. The van der Waals surface area contributed by atoms with E-state index in [1.54, 1.807) is 64.1 Å². The standard InChI is InChI=1S/C21H26N2O5S/c1-5-23(6-2)29(26,27)19-14-17(9-8-15(19)4)20(24)22-18-12-10-16(11-13-18)21(25)28-7-3/h8-14H,5-7H2,1-4H3,(H,22,24). The van der Waals surface area contributed by atoms with Crippen LogP contribution in [0.4, 0.5) is 5.69 Å². The molecule has 0 unspecified atom stereocenters. The van der Waals surface area contributed by atoms with Crippen LogP contribution in [-0.2, 0) is 14.8 Å². The van der Waals surface area contributed by atoms with Crippen LogP contribution >= 0.6 is 0 Å². The third-order valence-corrected chi connectivity index (χ3v) is 6.62. The van der Waals surface area contributed by atoms with E-state index in [0.717, 1.165) is 0 Å². The van der Waals surface area contributed by atoms with Crippen LogP contribution in [0.3, 0.4) is 0 Å². The minimum Gasteiger partial charge on any atom is -0.462 e. The van der Waals surface area contributed by atoms with Gasteiger partial charge in [-0.3, -0.25) is 4.79 Å². The number of nitrogens with one attached hydrogen (secondary N) is 1. The highest BCUT2D eigenvalue weighted by Crippen LogP contribution is 2.22. The van der Waals surface area contributed by atoms with Crippen molar-refractivity contribution in [1.82, 2.24) is 4.31 Å². The van der Waals surface area contributed by atoms with Crippen LogP contribution in [0.15, 0.2) is 47.4 Å². The van der Waals surface area contributed by atoms with Gasteiger partial charge in [0.05, 0.1) is 17.1 Å². The Labute approximate surface area is 171 Å². The zero-order chi connectivity index (χ0) is 21.6. The molecule has 0 bridgehead atoms. The molecule has 8 heteroatoms. The van der Waals surface area contributed by atoms with Crippen LogP contribution in [0.2, 0.25) is 0 Å². The maximum absolute atomic E-state index is 12.9. The van der Waals surface area contributed by atoms with Crippen LogP contribution in [-0.4, -0.2) is 44.3 Å². The second kappa shape index (κ2) is 9.67. The first-order valence-electron chi connectivity index (χ1n) is 9.43. The summed E-state index contributed by atoms with van der Waals surface area (Å²) in [4.78, 5) is 24.4. The van der Waals surface area contributed by atoms with E-state index >= 15 is 0 Å². The van der Waals surface area contributed by atoms with Crippen molar-refractivity contribution >= 4 is 27.6 Å². The third kappa shape index (κ3) is 5.21. The molecule has 2 aromatic rings. The summed E-state index contributed by atoms with van der Waals surface area (Å²) in [6, 6.07) is 10.9. The molecule has 2 aromatic carbocycles. The maximum Gasteiger partial charge on any atom is 0.338 e. The lowest BCUT2D eigenvalue weighted by Crippen LogP contribution is -2.31. The van der Waals surface area contributed by atoms with Crippen molar-refractivity contribution in [3.8, 4) is 0 Å². The summed E-state index contributed by atoms with van der Waals surface area (Å²) < 4.78 is 32.0. The van der Waals surface area contributed by atoms with Gasteiger partial charge in [-0.05, 0) is 55.8 Å². The van der Waals surface area contributed by atoms with Crippen molar-refractivity contribution in [3.05, 3.63) is 59.2 Å². The van der Waals surface area contributed by atoms with Gasteiger partial charge in [0.2, 0.25) is 10.0 Å². The molecule has 29 heavy (non-hydrogen) atoms. The summed E-state index contributed by atoms with van der Waals surface area (Å²) in [5.41, 5.74) is 1.67. The van der Waals surface area contributed by atoms with Crippen LogP contribution in [0.5, 0.6) is 0 Å². The Balaban J connectivity index is 2.25. The molecule has 2 rings (SSSR count). The predicted octanol–water partition coefficient (Wildman–Crippen LogP) is 3.45. The molecule has 156 valence electrons. The quantitative estimate of drug-likeness (QED) is 0.663. The number of esters is 1. The van der Waals surface area contributed by atoms with Gasteiger partial charge in [-0.2, -0.15) is 4.31 Å². The number of hydrogen-bond donors (Lipinski definition) is 1. The largest absolute Gasteiger partial charge is 0.462 e. The van der Waals surface area contributed by atoms with E-state index in [0.29, 0.717) is 29.9 Å². The number of amides is 1. The van der Waals surface area contributed by atoms with E-state index in [9.17, 15) is 18.0 Å². The number of carbonyl (C=O) groups is 2. The zero-order valence-electron chi connectivity index (χ0n) is 17.1. The number of benzene rings is 2. The van der Waals surface area contributed by atoms with E-state index in [1.807, 2.05) is 0 Å². The van der Waals surface area contributed by atoms with E-state index in [4.69, 9.17) is 4.74 Å². The minimum atomic E-state index is -3.68. The van der Waals surface area contributed by atoms with Crippen molar-refractivity contribution in [2.24, 2.45) is 0 Å². The lowest BCUT2D eigenvalue weighted by molar-refractivity contribution is 0.0526. The second-order valence-corrected chi connectivity index (χ2v) is 8.23. The van der Waals surface area contributed by atoms with Gasteiger partial charge < -0.3 is 10.1 Å². The molecule has 0 aliphatic rings. The van der Waals surface area contributed by atoms with Gasteiger partial charge in [-0.15, -0.1) is 0 Å². The lowest BCUT2D eigenvalue weighted by atomic mass is 10.1. The molecule has 0 aliphatic heterocycles. The van der Waals surface area contributed by atoms with Gasteiger partial charge in [0.15, 0.2) is 0 Å². The Morgan fingerprint density at radius 1 is 0.966 bits per heavy atom. The topological polar surface area (TPSA) is 92.8 Å². The summed E-state index contributed by atoms with van der Waals surface area (Å²) in [6.07, 6.45) is 0. The van der Waals surface area contributed by atoms with E-state index in [1.165, 1.54) is 10.4 Å². The number of ether oxygens (including phenoxy) is 1. The zero-order valence-corrected chi connectivity index (χ0v) is 17.9. The normalized spacial score (nSPS) is 11.3. The molecular formula is C21H26N2O5S. The maximum atomic E-state index is 12.9. The van der Waals surface area contributed by atoms with Crippen LogP contribution in [0, 0.1) is 6.92 Å². The highest BCUT2D eigenvalue weighted by molar-refractivity contribution is 7.89. The van der Waals surface area contributed by atoms with E-state index in [2.05, 4.69) is 5.32 Å². The van der Waals surface area contributed by atoms with Crippen molar-refractivity contribution < 1.29 is 22.7 Å². The first-order chi connectivity index (χ1) is 13.7. The molecule has 0 atom stereocenters. The van der Waals surface area contributed by atoms with E-state index in [-0.39, 0.29) is 17.1 Å². The van der Waals surface area contributed by atoms with Crippen molar-refractivity contribution in [2.45, 2.75) is 32.6 Å². The molecule has 0 aliphatic carbocycles. The first kappa shape index (κ1) is 22.6. The van der Waals surface area contributed by atoms with Gasteiger partial charge in [0.25, 0.3) is 5.91 Å². The molecule has 0 heterocycles. The molecule has 0 aromatic heterocycles. The number of nitrogens with zero attached hydrogens (tertiary/aromatic N) is 1. The molecular weight excluding hydrogens is 392 g/mol. The van der Waals surface area contributed by atoms with Crippen molar-refractivity contribution in [3.63, 3.8) is 0 Å². The SMILES string of the molecule is CCOC(=O)c1ccc(NC(=O)c2ccc(C)c(S(=O)(=O)N(CC)CC)c2)cc1. The van der Waals surface area contributed by atoms with E-state index < -0.39 is 21.9 Å². The lowest BCUT2D eigenvalue weighted by Gasteiger charge is -2.20. The van der Waals surface area contributed by atoms with Crippen LogP contribution in [0.1, 0.15) is 47.1 Å². The highest BCUT2D eigenvalue weighted by Gasteiger charge is 2.24. The molecule has 0 radical (unpaired) electrons. The minimum absolute atomic E-state index is 0.117. The van der Waals surface area contributed by atoms with Crippen LogP contribution in [0.25, 0.3) is 0 Å². The van der Waals surface area contributed by atoms with Crippen molar-refractivity contribution in [2.75, 3.05) is 25.0 Å². The summed E-state index contributed by atoms with van der Waals surface area (Å²) in [5, 5.41) is 2.71. The summed E-state index contributed by atoms with van der Waals surface area (Å²) in [7, 11) is -3.68. The molecule has 0 saturated carbocycles. The molecule has 7 nitrogen and oxygen atoms in total. The average molecular weight is 419 g/mol. The Morgan fingerprint density at radius 2 is 1.55 bits per heavy atom. The molecule has 1 amide bonds. The average Bonchev–Trinajstić information content (AvgIpc) is 2.69.